The first kappa shape index (κ1) is 18.5. The van der Waals surface area contributed by atoms with E-state index >= 15 is 0 Å². The van der Waals surface area contributed by atoms with Crippen molar-refractivity contribution in [3.63, 3.8) is 0 Å². The van der Waals surface area contributed by atoms with Crippen molar-refractivity contribution >= 4 is 11.6 Å². The van der Waals surface area contributed by atoms with Gasteiger partial charge in [0.2, 0.25) is 0 Å². The number of hydrogen-bond acceptors (Lipinski definition) is 4. The van der Waals surface area contributed by atoms with Gasteiger partial charge in [-0.25, -0.2) is 0 Å². The Morgan fingerprint density at radius 1 is 1.12 bits per heavy atom. The Labute approximate surface area is 156 Å². The second-order valence-electron chi connectivity index (χ2n) is 6.97. The Bertz CT molecular complexity index is 674. The van der Waals surface area contributed by atoms with E-state index < -0.39 is 0 Å². The number of piperazine rings is 1. The molecule has 26 heavy (non-hydrogen) atoms. The van der Waals surface area contributed by atoms with Crippen molar-refractivity contribution in [2.45, 2.75) is 26.3 Å². The molecule has 140 valence electrons. The predicted octanol–water partition coefficient (Wildman–Crippen LogP) is 3.47. The van der Waals surface area contributed by atoms with E-state index in [1.807, 2.05) is 29.2 Å². The third kappa shape index (κ3) is 4.67. The van der Waals surface area contributed by atoms with Gasteiger partial charge in [-0.15, -0.1) is 0 Å². The summed E-state index contributed by atoms with van der Waals surface area (Å²) in [5, 5.41) is 0. The molecule has 1 saturated heterocycles. The summed E-state index contributed by atoms with van der Waals surface area (Å²) in [7, 11) is 2.10. The molecule has 0 atom stereocenters. The second-order valence-corrected chi connectivity index (χ2v) is 6.97. The van der Waals surface area contributed by atoms with E-state index in [4.69, 9.17) is 4.42 Å². The van der Waals surface area contributed by atoms with Crippen molar-refractivity contribution in [3.05, 3.63) is 54.0 Å². The van der Waals surface area contributed by atoms with Crippen LogP contribution in [0.25, 0.3) is 0 Å². The molecule has 2 aromatic rings. The molecule has 1 aliphatic rings. The van der Waals surface area contributed by atoms with Gasteiger partial charge in [-0.3, -0.25) is 9.69 Å². The number of anilines is 1. The highest BCUT2D eigenvalue weighted by Crippen LogP contribution is 2.17. The lowest BCUT2D eigenvalue weighted by Crippen LogP contribution is -2.48. The van der Waals surface area contributed by atoms with Crippen LogP contribution in [-0.2, 0) is 6.54 Å². The molecular formula is C21H29N3O2. The maximum Gasteiger partial charge on any atom is 0.253 e. The molecule has 1 amide bonds. The molecular weight excluding hydrogens is 326 g/mol. The van der Waals surface area contributed by atoms with Crippen LogP contribution >= 0.6 is 0 Å². The summed E-state index contributed by atoms with van der Waals surface area (Å²) in [4.78, 5) is 19.3. The van der Waals surface area contributed by atoms with Crippen LogP contribution in [0, 0.1) is 0 Å². The van der Waals surface area contributed by atoms with E-state index in [2.05, 4.69) is 35.9 Å². The lowest BCUT2D eigenvalue weighted by atomic mass is 10.1. The van der Waals surface area contributed by atoms with Gasteiger partial charge < -0.3 is 14.2 Å². The quantitative estimate of drug-likeness (QED) is 0.762. The van der Waals surface area contributed by atoms with Gasteiger partial charge in [0.25, 0.3) is 5.91 Å². The van der Waals surface area contributed by atoms with Crippen molar-refractivity contribution in [2.24, 2.45) is 0 Å². The van der Waals surface area contributed by atoms with Crippen LogP contribution < -0.4 is 4.90 Å². The molecule has 3 rings (SSSR count). The van der Waals surface area contributed by atoms with Gasteiger partial charge in [-0.1, -0.05) is 13.3 Å². The number of benzene rings is 1. The maximum atomic E-state index is 12.8. The minimum absolute atomic E-state index is 0.130. The minimum Gasteiger partial charge on any atom is -0.468 e. The summed E-state index contributed by atoms with van der Waals surface area (Å²) >= 11 is 0. The fourth-order valence-corrected chi connectivity index (χ4v) is 3.30. The summed E-state index contributed by atoms with van der Waals surface area (Å²) in [6, 6.07) is 11.9. The molecule has 0 unspecified atom stereocenters. The first-order chi connectivity index (χ1) is 12.7. The molecule has 0 aliphatic carbocycles. The Balaban J connectivity index is 1.51. The lowest BCUT2D eigenvalue weighted by molar-refractivity contribution is 0.0620. The Hall–Kier alpha value is -2.27. The van der Waals surface area contributed by atoms with Gasteiger partial charge >= 0.3 is 0 Å². The van der Waals surface area contributed by atoms with Gasteiger partial charge in [0.15, 0.2) is 0 Å². The summed E-state index contributed by atoms with van der Waals surface area (Å²) in [6.07, 6.45) is 4.07. The Morgan fingerprint density at radius 3 is 2.46 bits per heavy atom. The lowest BCUT2D eigenvalue weighted by Gasteiger charge is -2.34. The number of amides is 1. The number of hydrogen-bond donors (Lipinski definition) is 0. The van der Waals surface area contributed by atoms with Crippen LogP contribution in [0.4, 0.5) is 5.69 Å². The molecule has 5 heteroatoms. The number of carbonyl (C=O) groups excluding carboxylic acids is 1. The van der Waals surface area contributed by atoms with Gasteiger partial charge in [-0.05, 0) is 42.8 Å². The summed E-state index contributed by atoms with van der Waals surface area (Å²) in [5.74, 6) is 1.11. The average Bonchev–Trinajstić information content (AvgIpc) is 3.19. The zero-order chi connectivity index (χ0) is 18.4. The van der Waals surface area contributed by atoms with Crippen LogP contribution in [-0.4, -0.2) is 55.5 Å². The molecule has 0 radical (unpaired) electrons. The summed E-state index contributed by atoms with van der Waals surface area (Å²) in [6.45, 7) is 7.34. The smallest absolute Gasteiger partial charge is 0.253 e. The third-order valence-corrected chi connectivity index (χ3v) is 5.02. The van der Waals surface area contributed by atoms with E-state index in [1.165, 1.54) is 18.5 Å². The summed E-state index contributed by atoms with van der Waals surface area (Å²) < 4.78 is 5.41. The van der Waals surface area contributed by atoms with Crippen molar-refractivity contribution in [1.29, 1.82) is 0 Å². The maximum absolute atomic E-state index is 12.8. The molecule has 0 bridgehead atoms. The zero-order valence-corrected chi connectivity index (χ0v) is 15.9. The number of rotatable bonds is 7. The minimum atomic E-state index is 0.130. The number of unbranched alkanes of at least 4 members (excludes halogenated alkanes) is 1. The highest BCUT2D eigenvalue weighted by atomic mass is 16.3. The van der Waals surface area contributed by atoms with E-state index in [9.17, 15) is 4.79 Å². The largest absolute Gasteiger partial charge is 0.468 e. The molecule has 1 aromatic heterocycles. The zero-order valence-electron chi connectivity index (χ0n) is 15.9. The van der Waals surface area contributed by atoms with Crippen molar-refractivity contribution in [2.75, 3.05) is 44.7 Å². The standard InChI is InChI=1S/C21H29N3O2/c1-3-4-11-22(2)19-9-7-18(8-10-19)21(25)24-14-12-23(13-15-24)17-20-6-5-16-26-20/h5-10,16H,3-4,11-15,17H2,1-2H3. The van der Waals surface area contributed by atoms with Gasteiger partial charge in [0.05, 0.1) is 12.8 Å². The van der Waals surface area contributed by atoms with Crippen LogP contribution in [0.2, 0.25) is 0 Å². The molecule has 2 heterocycles. The van der Waals surface area contributed by atoms with Crippen molar-refractivity contribution < 1.29 is 9.21 Å². The van der Waals surface area contributed by atoms with E-state index in [0.717, 1.165) is 50.6 Å². The van der Waals surface area contributed by atoms with Crippen LogP contribution in [0.3, 0.4) is 0 Å². The molecule has 0 spiro atoms. The van der Waals surface area contributed by atoms with E-state index in [0.29, 0.717) is 0 Å². The van der Waals surface area contributed by atoms with Gasteiger partial charge in [0.1, 0.15) is 5.76 Å². The van der Waals surface area contributed by atoms with Crippen LogP contribution in [0.1, 0.15) is 35.9 Å². The third-order valence-electron chi connectivity index (χ3n) is 5.02. The predicted molar refractivity (Wildman–Crippen MR) is 105 cm³/mol. The second kappa shape index (κ2) is 8.90. The first-order valence-corrected chi connectivity index (χ1v) is 9.52. The topological polar surface area (TPSA) is 39.9 Å². The van der Waals surface area contributed by atoms with E-state index in [1.54, 1.807) is 6.26 Å². The number of nitrogens with zero attached hydrogens (tertiary/aromatic N) is 3. The highest BCUT2D eigenvalue weighted by Gasteiger charge is 2.22. The van der Waals surface area contributed by atoms with Crippen LogP contribution in [0.5, 0.6) is 0 Å². The average molecular weight is 355 g/mol. The normalized spacial score (nSPS) is 15.2. The molecule has 1 fully saturated rings. The molecule has 1 aliphatic heterocycles. The molecule has 0 N–H and O–H groups in total. The Kier molecular flexibility index (Phi) is 6.34. The van der Waals surface area contributed by atoms with Gasteiger partial charge in [-0.2, -0.15) is 0 Å². The first-order valence-electron chi connectivity index (χ1n) is 9.52. The summed E-state index contributed by atoms with van der Waals surface area (Å²) in [5.41, 5.74) is 1.94. The molecule has 0 saturated carbocycles. The fraction of sp³-hybridized carbons (Fsp3) is 0.476. The van der Waals surface area contributed by atoms with Gasteiger partial charge in [0, 0.05) is 51.0 Å². The highest BCUT2D eigenvalue weighted by molar-refractivity contribution is 5.94. The van der Waals surface area contributed by atoms with E-state index in [-0.39, 0.29) is 5.91 Å². The fourth-order valence-electron chi connectivity index (χ4n) is 3.30. The number of carbonyl (C=O) groups is 1. The number of furan rings is 1. The molecule has 1 aromatic carbocycles. The van der Waals surface area contributed by atoms with Crippen molar-refractivity contribution in [3.8, 4) is 0 Å². The Morgan fingerprint density at radius 2 is 1.85 bits per heavy atom. The molecule has 5 nitrogen and oxygen atoms in total. The van der Waals surface area contributed by atoms with Crippen molar-refractivity contribution in [1.82, 2.24) is 9.80 Å². The monoisotopic (exact) mass is 355 g/mol. The van der Waals surface area contributed by atoms with Crippen LogP contribution in [0.15, 0.2) is 47.1 Å². The SMILES string of the molecule is CCCCN(C)c1ccc(C(=O)N2CCN(Cc3ccco3)CC2)cc1.